The van der Waals surface area contributed by atoms with Crippen molar-refractivity contribution in [3.05, 3.63) is 16.8 Å². The highest BCUT2D eigenvalue weighted by atomic mass is 32.1. The number of hydrogen-bond acceptors (Lipinski definition) is 3. The van der Waals surface area contributed by atoms with Crippen LogP contribution in [0, 0.1) is 0 Å². The van der Waals surface area contributed by atoms with Gasteiger partial charge in [-0.05, 0) is 32.2 Å². The van der Waals surface area contributed by atoms with Crippen LogP contribution in [0.1, 0.15) is 20.8 Å². The van der Waals surface area contributed by atoms with Crippen molar-refractivity contribution in [1.29, 1.82) is 0 Å². The summed E-state index contributed by atoms with van der Waals surface area (Å²) in [5, 5.41) is 6.54. The van der Waals surface area contributed by atoms with Crippen LogP contribution in [0.5, 0.6) is 0 Å². The molecular weight excluding hydrogens is 198 g/mol. The maximum absolute atomic E-state index is 11.3. The lowest BCUT2D eigenvalue weighted by Crippen LogP contribution is -2.26. The second kappa shape index (κ2) is 4.57. The summed E-state index contributed by atoms with van der Waals surface area (Å²) < 4.78 is 5.33. The monoisotopic (exact) mass is 213 g/mol. The van der Waals surface area contributed by atoms with Crippen molar-refractivity contribution in [3.63, 3.8) is 0 Å². The second-order valence-electron chi connectivity index (χ2n) is 3.96. The molecule has 0 radical (unpaired) electrons. The zero-order chi connectivity index (χ0) is 10.6. The van der Waals surface area contributed by atoms with E-state index in [0.717, 1.165) is 5.69 Å². The van der Waals surface area contributed by atoms with Gasteiger partial charge in [-0.3, -0.25) is 4.79 Å². The van der Waals surface area contributed by atoms with Crippen LogP contribution in [-0.4, -0.2) is 18.1 Å². The van der Waals surface area contributed by atoms with Crippen LogP contribution in [0.25, 0.3) is 0 Å². The third kappa shape index (κ3) is 4.39. The first-order chi connectivity index (χ1) is 6.47. The van der Waals surface area contributed by atoms with Gasteiger partial charge in [0.1, 0.15) is 6.61 Å². The molecule has 0 aromatic carbocycles. The molecule has 0 fully saturated rings. The van der Waals surface area contributed by atoms with Gasteiger partial charge in [-0.15, -0.1) is 0 Å². The lowest BCUT2D eigenvalue weighted by molar-refractivity contribution is -0.125. The summed E-state index contributed by atoms with van der Waals surface area (Å²) in [4.78, 5) is 11.3. The van der Waals surface area contributed by atoms with E-state index in [2.05, 4.69) is 5.32 Å². The average molecular weight is 213 g/mol. The Kier molecular flexibility index (Phi) is 3.66. The highest BCUT2D eigenvalue weighted by Gasteiger charge is 2.12. The van der Waals surface area contributed by atoms with Gasteiger partial charge in [0.15, 0.2) is 0 Å². The molecule has 1 heterocycles. The van der Waals surface area contributed by atoms with Crippen molar-refractivity contribution in [3.8, 4) is 0 Å². The maximum Gasteiger partial charge on any atom is 0.250 e. The van der Waals surface area contributed by atoms with Crippen LogP contribution in [0.4, 0.5) is 5.69 Å². The summed E-state index contributed by atoms with van der Waals surface area (Å²) >= 11 is 1.55. The largest absolute Gasteiger partial charge is 0.366 e. The number of hydrogen-bond donors (Lipinski definition) is 1. The van der Waals surface area contributed by atoms with Crippen molar-refractivity contribution in [2.75, 3.05) is 11.9 Å². The fourth-order valence-corrected chi connectivity index (χ4v) is 1.40. The van der Waals surface area contributed by atoms with E-state index in [9.17, 15) is 4.79 Å². The van der Waals surface area contributed by atoms with Crippen LogP contribution in [0.3, 0.4) is 0 Å². The molecule has 1 amide bonds. The SMILES string of the molecule is CC(C)(C)OCC(=O)Nc1ccsc1. The van der Waals surface area contributed by atoms with E-state index in [1.165, 1.54) is 0 Å². The van der Waals surface area contributed by atoms with E-state index in [-0.39, 0.29) is 18.1 Å². The van der Waals surface area contributed by atoms with Gasteiger partial charge in [0.25, 0.3) is 0 Å². The van der Waals surface area contributed by atoms with E-state index in [1.807, 2.05) is 37.6 Å². The Bertz CT molecular complexity index is 288. The summed E-state index contributed by atoms with van der Waals surface area (Å²) in [6.07, 6.45) is 0. The van der Waals surface area contributed by atoms with Gasteiger partial charge in [0.05, 0.1) is 11.3 Å². The Hall–Kier alpha value is -0.870. The Labute approximate surface area is 88.1 Å². The summed E-state index contributed by atoms with van der Waals surface area (Å²) in [5.74, 6) is -0.113. The van der Waals surface area contributed by atoms with E-state index < -0.39 is 0 Å². The molecule has 0 aliphatic carbocycles. The molecule has 0 atom stereocenters. The molecule has 1 N–H and O–H groups in total. The van der Waals surface area contributed by atoms with Gasteiger partial charge in [-0.1, -0.05) is 0 Å². The minimum Gasteiger partial charge on any atom is -0.366 e. The standard InChI is InChI=1S/C10H15NO2S/c1-10(2,3)13-6-9(12)11-8-4-5-14-7-8/h4-5,7H,6H2,1-3H3,(H,11,12). The maximum atomic E-state index is 11.3. The number of rotatable bonds is 3. The zero-order valence-electron chi connectivity index (χ0n) is 8.66. The minimum absolute atomic E-state index is 0.0966. The van der Waals surface area contributed by atoms with Crippen LogP contribution < -0.4 is 5.32 Å². The van der Waals surface area contributed by atoms with E-state index in [1.54, 1.807) is 11.3 Å². The molecule has 3 nitrogen and oxygen atoms in total. The lowest BCUT2D eigenvalue weighted by Gasteiger charge is -2.18. The highest BCUT2D eigenvalue weighted by Crippen LogP contribution is 2.12. The molecule has 0 spiro atoms. The topological polar surface area (TPSA) is 38.3 Å². The van der Waals surface area contributed by atoms with E-state index >= 15 is 0 Å². The van der Waals surface area contributed by atoms with Crippen LogP contribution in [0.15, 0.2) is 16.8 Å². The van der Waals surface area contributed by atoms with Gasteiger partial charge in [-0.25, -0.2) is 0 Å². The first-order valence-corrected chi connectivity index (χ1v) is 5.38. The zero-order valence-corrected chi connectivity index (χ0v) is 9.48. The average Bonchev–Trinajstić information content (AvgIpc) is 2.52. The molecule has 0 aliphatic heterocycles. The molecule has 0 saturated heterocycles. The molecule has 1 rings (SSSR count). The lowest BCUT2D eigenvalue weighted by atomic mass is 10.2. The predicted octanol–water partition coefficient (Wildman–Crippen LogP) is 2.50. The fourth-order valence-electron chi connectivity index (χ4n) is 0.815. The molecule has 1 aromatic heterocycles. The predicted molar refractivity (Wildman–Crippen MR) is 58.7 cm³/mol. The normalized spacial score (nSPS) is 11.4. The van der Waals surface area contributed by atoms with Gasteiger partial charge in [-0.2, -0.15) is 11.3 Å². The summed E-state index contributed by atoms with van der Waals surface area (Å²) in [6.45, 7) is 5.86. The van der Waals surface area contributed by atoms with Crippen molar-refractivity contribution < 1.29 is 9.53 Å². The van der Waals surface area contributed by atoms with Crippen molar-refractivity contribution in [2.24, 2.45) is 0 Å². The third-order valence-corrected chi connectivity index (χ3v) is 2.12. The molecule has 4 heteroatoms. The Morgan fingerprint density at radius 2 is 2.29 bits per heavy atom. The quantitative estimate of drug-likeness (QED) is 0.837. The number of nitrogens with one attached hydrogen (secondary N) is 1. The van der Waals surface area contributed by atoms with Gasteiger partial charge < -0.3 is 10.1 Å². The Morgan fingerprint density at radius 1 is 1.57 bits per heavy atom. The first-order valence-electron chi connectivity index (χ1n) is 4.43. The van der Waals surface area contributed by atoms with Crippen molar-refractivity contribution >= 4 is 22.9 Å². The fraction of sp³-hybridized carbons (Fsp3) is 0.500. The summed E-state index contributed by atoms with van der Waals surface area (Å²) in [6, 6.07) is 1.86. The summed E-state index contributed by atoms with van der Waals surface area (Å²) in [7, 11) is 0. The molecule has 0 aliphatic rings. The molecular formula is C10H15NO2S. The second-order valence-corrected chi connectivity index (χ2v) is 4.74. The molecule has 1 aromatic rings. The van der Waals surface area contributed by atoms with E-state index in [4.69, 9.17) is 4.74 Å². The highest BCUT2D eigenvalue weighted by molar-refractivity contribution is 7.08. The van der Waals surface area contributed by atoms with E-state index in [0.29, 0.717) is 0 Å². The van der Waals surface area contributed by atoms with Crippen LogP contribution >= 0.6 is 11.3 Å². The van der Waals surface area contributed by atoms with Crippen molar-refractivity contribution in [2.45, 2.75) is 26.4 Å². The van der Waals surface area contributed by atoms with Crippen LogP contribution in [0.2, 0.25) is 0 Å². The van der Waals surface area contributed by atoms with Gasteiger partial charge >= 0.3 is 0 Å². The summed E-state index contributed by atoms with van der Waals surface area (Å²) in [5.41, 5.74) is 0.559. The molecule has 0 unspecified atom stereocenters. The molecule has 0 bridgehead atoms. The van der Waals surface area contributed by atoms with Crippen molar-refractivity contribution in [1.82, 2.24) is 0 Å². The Balaban J connectivity index is 2.30. The smallest absolute Gasteiger partial charge is 0.250 e. The minimum atomic E-state index is -0.272. The number of ether oxygens (including phenoxy) is 1. The number of thiophene rings is 1. The first kappa shape index (κ1) is 11.2. The van der Waals surface area contributed by atoms with Gasteiger partial charge in [0.2, 0.25) is 5.91 Å². The number of carbonyl (C=O) groups excluding carboxylic acids is 1. The number of anilines is 1. The third-order valence-electron chi connectivity index (χ3n) is 1.44. The Morgan fingerprint density at radius 3 is 2.79 bits per heavy atom. The molecule has 78 valence electrons. The van der Waals surface area contributed by atoms with Crippen LogP contribution in [-0.2, 0) is 9.53 Å². The molecule has 14 heavy (non-hydrogen) atoms. The van der Waals surface area contributed by atoms with Gasteiger partial charge in [0, 0.05) is 5.38 Å². The number of carbonyl (C=O) groups is 1. The number of amides is 1. The molecule has 0 saturated carbocycles.